The number of hydrogen-bond donors (Lipinski definition) is 1. The van der Waals surface area contributed by atoms with E-state index in [1.54, 1.807) is 13.8 Å². The number of nitrogens with one attached hydrogen (secondary N) is 1. The molecule has 2 aromatic rings. The molecule has 0 bridgehead atoms. The second-order valence-electron chi connectivity index (χ2n) is 8.20. The van der Waals surface area contributed by atoms with Crippen LogP contribution in [0.4, 0.5) is 0 Å². The predicted octanol–water partition coefficient (Wildman–Crippen LogP) is 3.22. The molecule has 1 saturated heterocycles. The third-order valence-corrected chi connectivity index (χ3v) is 7.87. The molecule has 1 aromatic carbocycles. The number of benzene rings is 1. The highest BCUT2D eigenvalue weighted by Gasteiger charge is 2.34. The maximum Gasteiger partial charge on any atom is 0.248 e. The fourth-order valence-electron chi connectivity index (χ4n) is 4.02. The Bertz CT molecular complexity index is 929. The lowest BCUT2D eigenvalue weighted by atomic mass is 9.94. The van der Waals surface area contributed by atoms with Crippen LogP contribution in [-0.4, -0.2) is 42.9 Å². The van der Waals surface area contributed by atoms with E-state index in [0.717, 1.165) is 12.8 Å². The minimum absolute atomic E-state index is 0.0441. The van der Waals surface area contributed by atoms with Gasteiger partial charge in [-0.3, -0.25) is 4.79 Å². The lowest BCUT2D eigenvalue weighted by molar-refractivity contribution is -0.122. The maximum absolute atomic E-state index is 12.9. The molecule has 0 spiro atoms. The number of amides is 1. The molecule has 1 N–H and O–H groups in total. The zero-order valence-electron chi connectivity index (χ0n) is 17.9. The Kier molecular flexibility index (Phi) is 7.31. The molecule has 1 aliphatic heterocycles. The van der Waals surface area contributed by atoms with Crippen molar-refractivity contribution in [3.8, 4) is 0 Å². The molecule has 1 fully saturated rings. The summed E-state index contributed by atoms with van der Waals surface area (Å²) in [6.07, 6.45) is 3.61. The van der Waals surface area contributed by atoms with Crippen molar-refractivity contribution >= 4 is 15.9 Å². The smallest absolute Gasteiger partial charge is 0.248 e. The van der Waals surface area contributed by atoms with Crippen LogP contribution >= 0.6 is 0 Å². The molecule has 2 heterocycles. The molecule has 0 unspecified atom stereocenters. The first-order chi connectivity index (χ1) is 14.3. The molecule has 7 nitrogen and oxygen atoms in total. The fourth-order valence-corrected chi connectivity index (χ4v) is 5.78. The molecule has 1 atom stereocenters. The van der Waals surface area contributed by atoms with E-state index in [-0.39, 0.29) is 22.8 Å². The average Bonchev–Trinajstić information content (AvgIpc) is 3.06. The van der Waals surface area contributed by atoms with Gasteiger partial charge in [-0.25, -0.2) is 8.42 Å². The third kappa shape index (κ3) is 5.49. The first kappa shape index (κ1) is 22.5. The van der Waals surface area contributed by atoms with Crippen LogP contribution in [0.1, 0.15) is 49.6 Å². The third-order valence-electron chi connectivity index (χ3n) is 5.73. The van der Waals surface area contributed by atoms with Crippen molar-refractivity contribution in [2.45, 2.75) is 63.8 Å². The van der Waals surface area contributed by atoms with Crippen LogP contribution in [0, 0.1) is 19.8 Å². The highest BCUT2D eigenvalue weighted by molar-refractivity contribution is 7.89. The van der Waals surface area contributed by atoms with Crippen LogP contribution in [0.3, 0.4) is 0 Å². The van der Waals surface area contributed by atoms with Gasteiger partial charge in [-0.1, -0.05) is 35.5 Å². The van der Waals surface area contributed by atoms with Crippen LogP contribution in [0.15, 0.2) is 39.8 Å². The molecule has 1 aliphatic rings. The van der Waals surface area contributed by atoms with Crippen LogP contribution < -0.4 is 5.32 Å². The summed E-state index contributed by atoms with van der Waals surface area (Å²) < 4.78 is 32.3. The van der Waals surface area contributed by atoms with E-state index in [0.29, 0.717) is 43.8 Å². The van der Waals surface area contributed by atoms with Gasteiger partial charge in [-0.15, -0.1) is 0 Å². The molecule has 0 saturated carbocycles. The fraction of sp³-hybridized carbons (Fsp3) is 0.545. The molecular weight excluding hydrogens is 402 g/mol. The number of hydrogen-bond acceptors (Lipinski definition) is 5. The molecule has 0 aliphatic carbocycles. The van der Waals surface area contributed by atoms with Gasteiger partial charge in [0.15, 0.2) is 5.76 Å². The summed E-state index contributed by atoms with van der Waals surface area (Å²) in [4.78, 5) is 12.6. The van der Waals surface area contributed by atoms with E-state index >= 15 is 0 Å². The number of sulfonamides is 1. The van der Waals surface area contributed by atoms with Crippen molar-refractivity contribution in [1.29, 1.82) is 0 Å². The van der Waals surface area contributed by atoms with Crippen molar-refractivity contribution in [1.82, 2.24) is 14.8 Å². The Labute approximate surface area is 178 Å². The number of nitrogens with zero attached hydrogens (tertiary/aromatic N) is 2. The summed E-state index contributed by atoms with van der Waals surface area (Å²) in [6, 6.07) is 10.4. The highest BCUT2D eigenvalue weighted by Crippen LogP contribution is 2.28. The first-order valence-corrected chi connectivity index (χ1v) is 12.0. The van der Waals surface area contributed by atoms with Crippen molar-refractivity contribution in [2.75, 3.05) is 13.1 Å². The molecule has 1 amide bonds. The maximum atomic E-state index is 12.9. The second kappa shape index (κ2) is 9.75. The SMILES string of the molecule is Cc1noc(C)c1S(=O)(=O)N1CCC(CC(=O)N[C@H](C)CCc2ccccc2)CC1. The molecule has 164 valence electrons. The van der Waals surface area contributed by atoms with Gasteiger partial charge in [0.1, 0.15) is 10.6 Å². The lowest BCUT2D eigenvalue weighted by Crippen LogP contribution is -2.40. The highest BCUT2D eigenvalue weighted by atomic mass is 32.2. The zero-order valence-corrected chi connectivity index (χ0v) is 18.7. The van der Waals surface area contributed by atoms with Gasteiger partial charge in [0, 0.05) is 25.6 Å². The van der Waals surface area contributed by atoms with E-state index in [4.69, 9.17) is 4.52 Å². The largest absolute Gasteiger partial charge is 0.360 e. The van der Waals surface area contributed by atoms with E-state index in [1.165, 1.54) is 9.87 Å². The van der Waals surface area contributed by atoms with Crippen molar-refractivity contribution in [3.63, 3.8) is 0 Å². The van der Waals surface area contributed by atoms with Gasteiger partial charge in [-0.05, 0) is 57.9 Å². The molecule has 3 rings (SSSR count). The van der Waals surface area contributed by atoms with Gasteiger partial charge in [0.25, 0.3) is 0 Å². The second-order valence-corrected chi connectivity index (χ2v) is 10.1. The van der Waals surface area contributed by atoms with Crippen LogP contribution in [0.2, 0.25) is 0 Å². The van der Waals surface area contributed by atoms with E-state index < -0.39 is 10.0 Å². The first-order valence-electron chi connectivity index (χ1n) is 10.5. The molecule has 8 heteroatoms. The Hall–Kier alpha value is -2.19. The number of piperidine rings is 1. The van der Waals surface area contributed by atoms with Crippen molar-refractivity contribution in [3.05, 3.63) is 47.3 Å². The summed E-state index contributed by atoms with van der Waals surface area (Å²) in [7, 11) is -3.61. The van der Waals surface area contributed by atoms with E-state index in [9.17, 15) is 13.2 Å². The van der Waals surface area contributed by atoms with Gasteiger partial charge < -0.3 is 9.84 Å². The topological polar surface area (TPSA) is 92.5 Å². The number of carbonyl (C=O) groups is 1. The summed E-state index contributed by atoms with van der Waals surface area (Å²) in [5, 5.41) is 6.84. The van der Waals surface area contributed by atoms with Crippen LogP contribution in [-0.2, 0) is 21.2 Å². The Morgan fingerprint density at radius 2 is 1.90 bits per heavy atom. The Morgan fingerprint density at radius 1 is 1.23 bits per heavy atom. The Morgan fingerprint density at radius 3 is 2.50 bits per heavy atom. The number of aromatic nitrogens is 1. The lowest BCUT2D eigenvalue weighted by Gasteiger charge is -2.31. The van der Waals surface area contributed by atoms with Gasteiger partial charge in [0.05, 0.1) is 0 Å². The summed E-state index contributed by atoms with van der Waals surface area (Å²) in [5.74, 6) is 0.559. The van der Waals surface area contributed by atoms with Crippen molar-refractivity contribution < 1.29 is 17.7 Å². The Balaban J connectivity index is 1.44. The predicted molar refractivity (Wildman–Crippen MR) is 114 cm³/mol. The molecule has 1 aromatic heterocycles. The van der Waals surface area contributed by atoms with Crippen molar-refractivity contribution in [2.24, 2.45) is 5.92 Å². The monoisotopic (exact) mass is 433 g/mol. The van der Waals surface area contributed by atoms with E-state index in [2.05, 4.69) is 22.6 Å². The van der Waals surface area contributed by atoms with Crippen LogP contribution in [0.5, 0.6) is 0 Å². The molecule has 30 heavy (non-hydrogen) atoms. The number of aryl methyl sites for hydroxylation is 3. The van der Waals surface area contributed by atoms with Gasteiger partial charge >= 0.3 is 0 Å². The molecule has 0 radical (unpaired) electrons. The number of rotatable bonds is 8. The summed E-state index contributed by atoms with van der Waals surface area (Å²) >= 11 is 0. The summed E-state index contributed by atoms with van der Waals surface area (Å²) in [5.41, 5.74) is 1.66. The molecular formula is C22H31N3O4S. The van der Waals surface area contributed by atoms with Crippen LogP contribution in [0.25, 0.3) is 0 Å². The van der Waals surface area contributed by atoms with Gasteiger partial charge in [0.2, 0.25) is 15.9 Å². The summed E-state index contributed by atoms with van der Waals surface area (Å²) in [6.45, 7) is 6.10. The van der Waals surface area contributed by atoms with Gasteiger partial charge in [-0.2, -0.15) is 4.31 Å². The zero-order chi connectivity index (χ0) is 21.7. The van der Waals surface area contributed by atoms with E-state index in [1.807, 2.05) is 25.1 Å². The average molecular weight is 434 g/mol. The quantitative estimate of drug-likeness (QED) is 0.690. The minimum Gasteiger partial charge on any atom is -0.360 e. The minimum atomic E-state index is -3.61. The normalized spacial score (nSPS) is 17.0. The number of carbonyl (C=O) groups excluding carboxylic acids is 1. The standard InChI is InChI=1S/C22H31N3O4S/c1-16(9-10-19-7-5-4-6-8-19)23-21(26)15-20-11-13-25(14-12-20)30(27,28)22-17(2)24-29-18(22)3/h4-8,16,20H,9-15H2,1-3H3,(H,23,26)/t16-/m1/s1.